The third-order valence-electron chi connectivity index (χ3n) is 3.87. The quantitative estimate of drug-likeness (QED) is 0.629. The predicted octanol–water partition coefficient (Wildman–Crippen LogP) is 1.10. The molecule has 1 atom stereocenters. The minimum Gasteiger partial charge on any atom is -0.480 e. The maximum atomic E-state index is 11.9. The summed E-state index contributed by atoms with van der Waals surface area (Å²) in [5.74, 6) is -0.424. The van der Waals surface area contributed by atoms with Crippen LogP contribution >= 0.6 is 0 Å². The number of hydrogen-bond donors (Lipinski definition) is 2. The zero-order valence-electron chi connectivity index (χ0n) is 13.6. The third-order valence-corrected chi connectivity index (χ3v) is 3.87. The average molecular weight is 285 g/mol. The van der Waals surface area contributed by atoms with Gasteiger partial charge < -0.3 is 14.9 Å². The zero-order valence-corrected chi connectivity index (χ0v) is 13.6. The highest BCUT2D eigenvalue weighted by molar-refractivity contribution is 5.80. The Balaban J connectivity index is 2.61. The number of nitrogens with one attached hydrogen (secondary N) is 1. The van der Waals surface area contributed by atoms with Crippen LogP contribution < -0.4 is 5.32 Å². The van der Waals surface area contributed by atoms with Crippen LogP contribution in [0.1, 0.15) is 33.1 Å². The van der Waals surface area contributed by atoms with Crippen LogP contribution in [0, 0.1) is 5.92 Å². The Morgan fingerprint density at radius 3 is 2.30 bits per heavy atom. The first-order valence-corrected chi connectivity index (χ1v) is 7.62. The molecule has 0 radical (unpaired) electrons. The second kappa shape index (κ2) is 7.38. The van der Waals surface area contributed by atoms with Crippen molar-refractivity contribution >= 4 is 5.97 Å². The van der Waals surface area contributed by atoms with E-state index in [9.17, 15) is 9.90 Å². The molecule has 0 heterocycles. The van der Waals surface area contributed by atoms with E-state index in [2.05, 4.69) is 29.2 Å². The Morgan fingerprint density at radius 1 is 1.30 bits per heavy atom. The topological polar surface area (TPSA) is 55.8 Å². The number of likely N-dealkylation sites (N-methyl/N-ethyl adjacent to an activating group) is 1. The maximum absolute atomic E-state index is 11.9. The fraction of sp³-hybridized carbons (Fsp3) is 0.933. The van der Waals surface area contributed by atoms with Gasteiger partial charge in [-0.3, -0.25) is 10.1 Å². The summed E-state index contributed by atoms with van der Waals surface area (Å²) < 4.78 is 0. The van der Waals surface area contributed by atoms with Crippen LogP contribution in [0.4, 0.5) is 0 Å². The molecule has 1 saturated carbocycles. The third kappa shape index (κ3) is 5.04. The van der Waals surface area contributed by atoms with Crippen molar-refractivity contribution in [2.24, 2.45) is 5.92 Å². The normalized spacial score (nSPS) is 18.8. The molecule has 0 saturated heterocycles. The molecule has 1 rings (SSSR count). The molecule has 0 spiro atoms. The first-order valence-electron chi connectivity index (χ1n) is 7.62. The number of aliphatic carboxylic acids is 1. The Bertz CT molecular complexity index is 316. The summed E-state index contributed by atoms with van der Waals surface area (Å²) in [5, 5.41) is 13.1. The number of nitrogens with zero attached hydrogens (tertiary/aromatic N) is 2. The lowest BCUT2D eigenvalue weighted by Crippen LogP contribution is -2.62. The molecule has 1 aliphatic rings. The first kappa shape index (κ1) is 17.4. The van der Waals surface area contributed by atoms with E-state index in [4.69, 9.17) is 0 Å². The van der Waals surface area contributed by atoms with E-state index in [1.165, 1.54) is 0 Å². The predicted molar refractivity (Wildman–Crippen MR) is 82.0 cm³/mol. The molecule has 2 N–H and O–H groups in total. The van der Waals surface area contributed by atoms with Crippen LogP contribution in [-0.2, 0) is 4.79 Å². The number of hydrogen-bond acceptors (Lipinski definition) is 4. The van der Waals surface area contributed by atoms with Crippen LogP contribution in [0.25, 0.3) is 0 Å². The Labute approximate surface area is 123 Å². The van der Waals surface area contributed by atoms with Crippen LogP contribution in [0.2, 0.25) is 0 Å². The highest BCUT2D eigenvalue weighted by Gasteiger charge is 2.51. The van der Waals surface area contributed by atoms with Crippen molar-refractivity contribution in [3.8, 4) is 0 Å². The number of carbonyl (C=O) groups is 1. The molecule has 20 heavy (non-hydrogen) atoms. The standard InChI is InChI=1S/C15H31N3O2/c1-12(2)16-15(14(19)20,13-7-8-13)11-18(5)10-6-9-17(3)4/h12-13,16H,6-11H2,1-5H3,(H,19,20). The Kier molecular flexibility index (Phi) is 6.43. The van der Waals surface area contributed by atoms with E-state index < -0.39 is 11.5 Å². The van der Waals surface area contributed by atoms with Gasteiger partial charge in [-0.15, -0.1) is 0 Å². The van der Waals surface area contributed by atoms with E-state index in [0.717, 1.165) is 32.4 Å². The molecule has 1 unspecified atom stereocenters. The van der Waals surface area contributed by atoms with Gasteiger partial charge in [0.05, 0.1) is 0 Å². The summed E-state index contributed by atoms with van der Waals surface area (Å²) in [6.07, 6.45) is 3.11. The molecule has 0 bridgehead atoms. The number of rotatable bonds is 10. The second-order valence-electron chi connectivity index (χ2n) is 6.74. The van der Waals surface area contributed by atoms with Gasteiger partial charge in [0.2, 0.25) is 0 Å². The van der Waals surface area contributed by atoms with Crippen molar-refractivity contribution in [2.75, 3.05) is 40.8 Å². The molecule has 5 heteroatoms. The number of carboxylic acid groups (broad SMARTS) is 1. The summed E-state index contributed by atoms with van der Waals surface area (Å²) in [6.45, 7) is 6.59. The summed E-state index contributed by atoms with van der Waals surface area (Å²) in [5.41, 5.74) is -0.777. The smallest absolute Gasteiger partial charge is 0.325 e. The Morgan fingerprint density at radius 2 is 1.90 bits per heavy atom. The lowest BCUT2D eigenvalue weighted by Gasteiger charge is -2.36. The fourth-order valence-electron chi connectivity index (χ4n) is 2.85. The second-order valence-corrected chi connectivity index (χ2v) is 6.74. The van der Waals surface area contributed by atoms with Gasteiger partial charge in [-0.25, -0.2) is 0 Å². The van der Waals surface area contributed by atoms with Gasteiger partial charge >= 0.3 is 5.97 Å². The van der Waals surface area contributed by atoms with Gasteiger partial charge in [-0.2, -0.15) is 0 Å². The summed E-state index contributed by atoms with van der Waals surface area (Å²) >= 11 is 0. The fourth-order valence-corrected chi connectivity index (χ4v) is 2.85. The molecule has 0 aromatic heterocycles. The van der Waals surface area contributed by atoms with Gasteiger partial charge in [-0.05, 0) is 73.3 Å². The first-order chi connectivity index (χ1) is 9.28. The molecule has 0 aromatic rings. The van der Waals surface area contributed by atoms with E-state index in [1.807, 2.05) is 20.9 Å². The van der Waals surface area contributed by atoms with Crippen molar-refractivity contribution in [2.45, 2.75) is 44.7 Å². The molecule has 118 valence electrons. The van der Waals surface area contributed by atoms with Crippen LogP contribution in [0.3, 0.4) is 0 Å². The summed E-state index contributed by atoms with van der Waals surface area (Å²) in [6, 6.07) is 0.182. The van der Waals surface area contributed by atoms with Crippen LogP contribution in [0.5, 0.6) is 0 Å². The summed E-state index contributed by atoms with van der Waals surface area (Å²) in [4.78, 5) is 16.2. The van der Waals surface area contributed by atoms with E-state index in [-0.39, 0.29) is 12.0 Å². The minimum absolute atomic E-state index is 0.182. The highest BCUT2D eigenvalue weighted by Crippen LogP contribution is 2.40. The molecule has 1 aliphatic carbocycles. The van der Waals surface area contributed by atoms with Gasteiger partial charge in [0.25, 0.3) is 0 Å². The highest BCUT2D eigenvalue weighted by atomic mass is 16.4. The van der Waals surface area contributed by atoms with Crippen molar-refractivity contribution in [3.63, 3.8) is 0 Å². The molecule has 5 nitrogen and oxygen atoms in total. The zero-order chi connectivity index (χ0) is 15.3. The monoisotopic (exact) mass is 285 g/mol. The average Bonchev–Trinajstić information content (AvgIpc) is 3.10. The van der Waals surface area contributed by atoms with Gasteiger partial charge in [-0.1, -0.05) is 0 Å². The van der Waals surface area contributed by atoms with E-state index in [0.29, 0.717) is 6.54 Å². The molecule has 0 amide bonds. The SMILES string of the molecule is CC(C)NC(CN(C)CCCN(C)C)(C(=O)O)C1CC1. The molecule has 0 aromatic carbocycles. The van der Waals surface area contributed by atoms with Crippen molar-refractivity contribution in [1.29, 1.82) is 0 Å². The van der Waals surface area contributed by atoms with Crippen molar-refractivity contribution in [3.05, 3.63) is 0 Å². The van der Waals surface area contributed by atoms with Gasteiger partial charge in [0.15, 0.2) is 0 Å². The van der Waals surface area contributed by atoms with Gasteiger partial charge in [0, 0.05) is 12.6 Å². The lowest BCUT2D eigenvalue weighted by molar-refractivity contribution is -0.147. The van der Waals surface area contributed by atoms with E-state index >= 15 is 0 Å². The van der Waals surface area contributed by atoms with Crippen LogP contribution in [-0.4, -0.2) is 73.2 Å². The van der Waals surface area contributed by atoms with E-state index in [1.54, 1.807) is 0 Å². The molecule has 0 aliphatic heterocycles. The molecular formula is C15H31N3O2. The van der Waals surface area contributed by atoms with Crippen molar-refractivity contribution < 1.29 is 9.90 Å². The molecule has 1 fully saturated rings. The maximum Gasteiger partial charge on any atom is 0.325 e. The molecular weight excluding hydrogens is 254 g/mol. The largest absolute Gasteiger partial charge is 0.480 e. The van der Waals surface area contributed by atoms with Crippen molar-refractivity contribution in [1.82, 2.24) is 15.1 Å². The van der Waals surface area contributed by atoms with Gasteiger partial charge in [0.1, 0.15) is 5.54 Å². The lowest BCUT2D eigenvalue weighted by atomic mass is 9.91. The Hall–Kier alpha value is -0.650. The minimum atomic E-state index is -0.777. The van der Waals surface area contributed by atoms with Crippen LogP contribution in [0.15, 0.2) is 0 Å². The summed E-state index contributed by atoms with van der Waals surface area (Å²) in [7, 11) is 6.15. The number of carboxylic acids is 1.